The molecule has 0 bridgehead atoms. The highest BCUT2D eigenvalue weighted by Gasteiger charge is 2.36. The highest BCUT2D eigenvalue weighted by atomic mass is 35.5. The lowest BCUT2D eigenvalue weighted by Crippen LogP contribution is -2.42. The van der Waals surface area contributed by atoms with Gasteiger partial charge in [0, 0.05) is 49.4 Å². The normalized spacial score (nSPS) is 21.4. The standard InChI is InChI=1S/C26H36Cl2N4O3/c1-3-32(26(33)31-16-21-6-7-23(27)14-24(21)28)11-9-20-13-22(20)15-30-18-35-12-4-5-19-8-10-29-17-25(19)34-2/h4-8,10,17,20,22,24,30H,3,9,11-16,18H2,1-2H3,(H,31,33). The molecule has 2 N–H and O–H groups in total. The summed E-state index contributed by atoms with van der Waals surface area (Å²) >= 11 is 12.3. The van der Waals surface area contributed by atoms with Crippen molar-refractivity contribution in [1.29, 1.82) is 0 Å². The largest absolute Gasteiger partial charge is 0.495 e. The van der Waals surface area contributed by atoms with Crippen LogP contribution < -0.4 is 15.4 Å². The summed E-state index contributed by atoms with van der Waals surface area (Å²) in [5.74, 6) is 2.05. The van der Waals surface area contributed by atoms with Gasteiger partial charge in [-0.2, -0.15) is 0 Å². The molecular formula is C26H36Cl2N4O3. The molecule has 2 aliphatic carbocycles. The second kappa shape index (κ2) is 14.5. The van der Waals surface area contributed by atoms with Crippen LogP contribution in [-0.2, 0) is 4.74 Å². The Kier molecular flexibility index (Phi) is 11.4. The van der Waals surface area contributed by atoms with E-state index < -0.39 is 0 Å². The Morgan fingerprint density at radius 2 is 2.20 bits per heavy atom. The Hall–Kier alpha value is -2.06. The van der Waals surface area contributed by atoms with E-state index in [9.17, 15) is 4.79 Å². The molecule has 7 nitrogen and oxygen atoms in total. The molecule has 2 amide bonds. The van der Waals surface area contributed by atoms with Gasteiger partial charge in [-0.05, 0) is 49.3 Å². The Morgan fingerprint density at radius 1 is 1.34 bits per heavy atom. The van der Waals surface area contributed by atoms with Crippen molar-refractivity contribution in [3.05, 3.63) is 52.9 Å². The van der Waals surface area contributed by atoms with Crippen molar-refractivity contribution in [2.45, 2.75) is 31.6 Å². The van der Waals surface area contributed by atoms with Crippen LogP contribution in [0.15, 0.2) is 47.3 Å². The van der Waals surface area contributed by atoms with Crippen LogP contribution in [0.3, 0.4) is 0 Å². The predicted octanol–water partition coefficient (Wildman–Crippen LogP) is 4.79. The minimum atomic E-state index is -0.160. The van der Waals surface area contributed by atoms with Gasteiger partial charge >= 0.3 is 6.03 Å². The zero-order chi connectivity index (χ0) is 25.0. The summed E-state index contributed by atoms with van der Waals surface area (Å²) < 4.78 is 10.9. The SMILES string of the molecule is CCN(CCC1CC1CNCOCC=Cc1ccncc1OC)C(=O)NCC1=CC=C(Cl)CC1Cl. The molecule has 192 valence electrons. The molecule has 0 aromatic carbocycles. The van der Waals surface area contributed by atoms with E-state index in [-0.39, 0.29) is 11.4 Å². The van der Waals surface area contributed by atoms with Crippen molar-refractivity contribution in [3.8, 4) is 5.75 Å². The number of aromatic nitrogens is 1. The minimum absolute atomic E-state index is 0.0425. The number of ether oxygens (including phenoxy) is 2. The van der Waals surface area contributed by atoms with E-state index in [0.717, 1.165) is 41.4 Å². The summed E-state index contributed by atoms with van der Waals surface area (Å²) in [6.07, 6.45) is 14.0. The number of carbonyl (C=O) groups is 1. The molecule has 1 saturated carbocycles. The fraction of sp³-hybridized carbons (Fsp3) is 0.538. The number of hydrogen-bond acceptors (Lipinski definition) is 5. The Balaban J connectivity index is 1.25. The third-order valence-corrected chi connectivity index (χ3v) is 7.08. The Bertz CT molecular complexity index is 922. The van der Waals surface area contributed by atoms with Gasteiger partial charge in [0.15, 0.2) is 0 Å². The second-order valence-electron chi connectivity index (χ2n) is 8.80. The third kappa shape index (κ3) is 9.15. The molecule has 0 spiro atoms. The van der Waals surface area contributed by atoms with Crippen molar-refractivity contribution in [2.75, 3.05) is 46.6 Å². The van der Waals surface area contributed by atoms with E-state index in [1.807, 2.05) is 42.2 Å². The maximum atomic E-state index is 12.6. The molecule has 0 saturated heterocycles. The highest BCUT2D eigenvalue weighted by molar-refractivity contribution is 6.31. The fourth-order valence-corrected chi connectivity index (χ4v) is 4.70. The lowest BCUT2D eigenvalue weighted by molar-refractivity contribution is 0.141. The number of rotatable bonds is 14. The molecular weight excluding hydrogens is 487 g/mol. The average molecular weight is 524 g/mol. The molecule has 9 heteroatoms. The first kappa shape index (κ1) is 27.5. The van der Waals surface area contributed by atoms with Crippen molar-refractivity contribution >= 4 is 35.3 Å². The number of allylic oxidation sites excluding steroid dienone is 3. The maximum Gasteiger partial charge on any atom is 0.317 e. The number of urea groups is 1. The molecule has 3 atom stereocenters. The summed E-state index contributed by atoms with van der Waals surface area (Å²) in [6, 6.07) is 1.86. The van der Waals surface area contributed by atoms with Crippen LogP contribution in [0, 0.1) is 11.8 Å². The number of carbonyl (C=O) groups excluding carboxylic acids is 1. The quantitative estimate of drug-likeness (QED) is 0.209. The topological polar surface area (TPSA) is 75.7 Å². The van der Waals surface area contributed by atoms with Gasteiger partial charge in [0.05, 0.1) is 32.0 Å². The average Bonchev–Trinajstić information content (AvgIpc) is 3.61. The van der Waals surface area contributed by atoms with Crippen LogP contribution in [-0.4, -0.2) is 67.9 Å². The van der Waals surface area contributed by atoms with Crippen LogP contribution in [0.2, 0.25) is 0 Å². The molecule has 0 aliphatic heterocycles. The van der Waals surface area contributed by atoms with Crippen LogP contribution in [0.4, 0.5) is 4.79 Å². The van der Waals surface area contributed by atoms with E-state index in [4.69, 9.17) is 32.7 Å². The molecule has 1 aromatic heterocycles. The number of halogens is 2. The van der Waals surface area contributed by atoms with E-state index in [0.29, 0.717) is 44.7 Å². The van der Waals surface area contributed by atoms with Gasteiger partial charge in [0.1, 0.15) is 5.75 Å². The number of pyridine rings is 1. The summed E-state index contributed by atoms with van der Waals surface area (Å²) in [7, 11) is 1.63. The van der Waals surface area contributed by atoms with Crippen LogP contribution in [0.1, 0.15) is 31.7 Å². The maximum absolute atomic E-state index is 12.6. The van der Waals surface area contributed by atoms with Crippen LogP contribution in [0.5, 0.6) is 5.75 Å². The van der Waals surface area contributed by atoms with Crippen molar-refractivity contribution < 1.29 is 14.3 Å². The van der Waals surface area contributed by atoms with Gasteiger partial charge in [-0.25, -0.2) is 4.79 Å². The Morgan fingerprint density at radius 3 is 2.97 bits per heavy atom. The first-order chi connectivity index (χ1) is 17.0. The van der Waals surface area contributed by atoms with Crippen molar-refractivity contribution in [3.63, 3.8) is 0 Å². The van der Waals surface area contributed by atoms with Crippen molar-refractivity contribution in [1.82, 2.24) is 20.5 Å². The van der Waals surface area contributed by atoms with Gasteiger partial charge in [0.25, 0.3) is 0 Å². The summed E-state index contributed by atoms with van der Waals surface area (Å²) in [4.78, 5) is 18.5. The second-order valence-corrected chi connectivity index (χ2v) is 9.81. The van der Waals surface area contributed by atoms with Gasteiger partial charge in [-0.3, -0.25) is 10.3 Å². The summed E-state index contributed by atoms with van der Waals surface area (Å²) in [5.41, 5.74) is 1.97. The smallest absolute Gasteiger partial charge is 0.317 e. The van der Waals surface area contributed by atoms with E-state index in [1.165, 1.54) is 6.42 Å². The third-order valence-electron chi connectivity index (χ3n) is 6.36. The Labute approximate surface area is 218 Å². The number of amides is 2. The first-order valence-corrected chi connectivity index (χ1v) is 13.0. The number of methoxy groups -OCH3 is 1. The number of alkyl halides is 1. The van der Waals surface area contributed by atoms with E-state index >= 15 is 0 Å². The molecule has 1 heterocycles. The molecule has 3 rings (SSSR count). The molecule has 1 aromatic rings. The molecule has 2 aliphatic rings. The number of nitrogens with one attached hydrogen (secondary N) is 2. The van der Waals surface area contributed by atoms with Crippen LogP contribution in [0.25, 0.3) is 6.08 Å². The monoisotopic (exact) mass is 522 g/mol. The van der Waals surface area contributed by atoms with Gasteiger partial charge in [-0.15, -0.1) is 11.6 Å². The highest BCUT2D eigenvalue weighted by Crippen LogP contribution is 2.40. The predicted molar refractivity (Wildman–Crippen MR) is 142 cm³/mol. The van der Waals surface area contributed by atoms with Gasteiger partial charge in [0.2, 0.25) is 0 Å². The first-order valence-electron chi connectivity index (χ1n) is 12.2. The molecule has 1 fully saturated rings. The lowest BCUT2D eigenvalue weighted by atomic mass is 10.0. The lowest BCUT2D eigenvalue weighted by Gasteiger charge is -2.23. The number of hydrogen-bond donors (Lipinski definition) is 2. The summed E-state index contributed by atoms with van der Waals surface area (Å²) in [6.45, 7) is 5.88. The molecule has 35 heavy (non-hydrogen) atoms. The fourth-order valence-electron chi connectivity index (χ4n) is 4.09. The van der Waals surface area contributed by atoms with Gasteiger partial charge < -0.3 is 19.7 Å². The van der Waals surface area contributed by atoms with E-state index in [2.05, 4.69) is 15.6 Å². The van der Waals surface area contributed by atoms with E-state index in [1.54, 1.807) is 19.5 Å². The molecule has 3 unspecified atom stereocenters. The zero-order valence-electron chi connectivity index (χ0n) is 20.5. The molecule has 0 radical (unpaired) electrons. The van der Waals surface area contributed by atoms with Crippen LogP contribution >= 0.6 is 23.2 Å². The minimum Gasteiger partial charge on any atom is -0.495 e. The number of nitrogens with zero attached hydrogens (tertiary/aromatic N) is 2. The van der Waals surface area contributed by atoms with Gasteiger partial charge in [-0.1, -0.05) is 29.8 Å². The zero-order valence-corrected chi connectivity index (χ0v) is 22.0. The van der Waals surface area contributed by atoms with Crippen molar-refractivity contribution in [2.24, 2.45) is 11.8 Å². The summed E-state index contributed by atoms with van der Waals surface area (Å²) in [5, 5.41) is 6.95.